The fraction of sp³-hybridized carbons (Fsp3) is 0.205. The second kappa shape index (κ2) is 14.8. The van der Waals surface area contributed by atoms with E-state index >= 15 is 0 Å². The molecule has 0 spiro atoms. The van der Waals surface area contributed by atoms with Gasteiger partial charge in [0.2, 0.25) is 0 Å². The minimum Gasteiger partial charge on any atom is -0.493 e. The first-order chi connectivity index (χ1) is 24.2. The van der Waals surface area contributed by atoms with E-state index in [0.717, 1.165) is 34.5 Å². The molecule has 0 aliphatic carbocycles. The molecule has 254 valence electrons. The second-order valence-corrected chi connectivity index (χ2v) is 12.7. The van der Waals surface area contributed by atoms with Crippen LogP contribution in [0.15, 0.2) is 113 Å². The summed E-state index contributed by atoms with van der Waals surface area (Å²) in [6.07, 6.45) is 6.10. The maximum absolute atomic E-state index is 14.4. The van der Waals surface area contributed by atoms with E-state index in [2.05, 4.69) is 13.5 Å². The Morgan fingerprint density at radius 2 is 1.80 bits per heavy atom. The largest absolute Gasteiger partial charge is 0.493 e. The summed E-state index contributed by atoms with van der Waals surface area (Å²) in [6, 6.07) is 21.5. The van der Waals surface area contributed by atoms with Crippen molar-refractivity contribution in [1.29, 1.82) is 0 Å². The highest BCUT2D eigenvalue weighted by atomic mass is 32.1. The van der Waals surface area contributed by atoms with Gasteiger partial charge in [-0.1, -0.05) is 61.2 Å². The van der Waals surface area contributed by atoms with Gasteiger partial charge >= 0.3 is 11.9 Å². The molecule has 0 fully saturated rings. The number of ether oxygens (including phenoxy) is 3. The van der Waals surface area contributed by atoms with E-state index in [1.54, 1.807) is 35.9 Å². The van der Waals surface area contributed by atoms with Crippen molar-refractivity contribution in [2.75, 3.05) is 13.2 Å². The SMILES string of the molecule is C=CCOC(=O)C1=C(C)N=c2sc(=Cc3cn(-c4ccccc4)nc3-c3ccc(OCCC)c(C)c3)c(=O)n2C1c1ccc(OC(C)=O)cc1. The lowest BCUT2D eigenvalue weighted by molar-refractivity contribution is -0.138. The van der Waals surface area contributed by atoms with E-state index in [-0.39, 0.29) is 17.7 Å². The van der Waals surface area contributed by atoms with Gasteiger partial charge in [0.25, 0.3) is 5.56 Å². The summed E-state index contributed by atoms with van der Waals surface area (Å²) in [5.74, 6) is 0.0867. The first kappa shape index (κ1) is 34.1. The molecule has 1 atom stereocenters. The molecular formula is C39H36N4O6S. The maximum atomic E-state index is 14.4. The molecule has 0 bridgehead atoms. The van der Waals surface area contributed by atoms with Crippen molar-refractivity contribution in [3.05, 3.63) is 139 Å². The molecule has 0 amide bonds. The average Bonchev–Trinajstić information content (AvgIpc) is 3.66. The highest BCUT2D eigenvalue weighted by Crippen LogP contribution is 2.32. The van der Waals surface area contributed by atoms with Crippen LogP contribution in [0.4, 0.5) is 0 Å². The van der Waals surface area contributed by atoms with Crippen LogP contribution in [-0.2, 0) is 14.3 Å². The summed E-state index contributed by atoms with van der Waals surface area (Å²) in [4.78, 5) is 44.5. The fourth-order valence-corrected chi connectivity index (χ4v) is 6.77. The maximum Gasteiger partial charge on any atom is 0.338 e. The summed E-state index contributed by atoms with van der Waals surface area (Å²) in [6.45, 7) is 11.4. The van der Waals surface area contributed by atoms with Crippen molar-refractivity contribution >= 4 is 29.4 Å². The molecule has 1 unspecified atom stereocenters. The number of para-hydroxylation sites is 1. The fourth-order valence-electron chi connectivity index (χ4n) is 5.74. The molecule has 5 aromatic rings. The Balaban J connectivity index is 1.51. The van der Waals surface area contributed by atoms with Crippen molar-refractivity contribution in [3.8, 4) is 28.4 Å². The third-order valence-electron chi connectivity index (χ3n) is 7.99. The summed E-state index contributed by atoms with van der Waals surface area (Å²) < 4.78 is 20.3. The molecule has 0 saturated heterocycles. The van der Waals surface area contributed by atoms with E-state index in [0.29, 0.717) is 38.6 Å². The number of aromatic nitrogens is 3. The zero-order valence-electron chi connectivity index (χ0n) is 28.2. The van der Waals surface area contributed by atoms with Crippen molar-refractivity contribution in [2.45, 2.75) is 40.2 Å². The first-order valence-electron chi connectivity index (χ1n) is 16.2. The number of aryl methyl sites for hydroxylation is 1. The van der Waals surface area contributed by atoms with Gasteiger partial charge in [-0.3, -0.25) is 14.2 Å². The molecule has 1 aliphatic heterocycles. The molecule has 10 nitrogen and oxygen atoms in total. The molecule has 1 aliphatic rings. The quantitative estimate of drug-likeness (QED) is 0.0974. The van der Waals surface area contributed by atoms with Crippen molar-refractivity contribution in [2.24, 2.45) is 4.99 Å². The Hall–Kier alpha value is -5.81. The van der Waals surface area contributed by atoms with E-state index < -0.39 is 18.0 Å². The Morgan fingerprint density at radius 3 is 2.48 bits per heavy atom. The molecule has 3 aromatic carbocycles. The van der Waals surface area contributed by atoms with Crippen molar-refractivity contribution in [1.82, 2.24) is 14.3 Å². The standard InChI is InChI=1S/C39H36N4O6S/c1-6-19-47-32-18-15-28(21-24(32)3)35-29(23-42(41-35)30-11-9-8-10-12-30)22-33-37(45)43-36(27-13-16-31(17-14-27)49-26(5)44)34(38(46)48-20-7-2)25(4)40-39(43)50-33/h7-18,21-23,36H,2,6,19-20H2,1,3-5H3. The first-order valence-corrected chi connectivity index (χ1v) is 17.0. The van der Waals surface area contributed by atoms with Crippen LogP contribution in [0.25, 0.3) is 23.0 Å². The van der Waals surface area contributed by atoms with E-state index in [1.165, 1.54) is 28.9 Å². The minimum atomic E-state index is -0.845. The topological polar surface area (TPSA) is 114 Å². The van der Waals surface area contributed by atoms with E-state index in [1.807, 2.05) is 67.7 Å². The van der Waals surface area contributed by atoms with Gasteiger partial charge in [0.1, 0.15) is 23.8 Å². The van der Waals surface area contributed by atoms with Gasteiger partial charge in [0, 0.05) is 24.2 Å². The van der Waals surface area contributed by atoms with Crippen LogP contribution in [0.1, 0.15) is 49.9 Å². The summed E-state index contributed by atoms with van der Waals surface area (Å²) in [5.41, 5.74) is 5.06. The van der Waals surface area contributed by atoms with Gasteiger partial charge in [-0.15, -0.1) is 0 Å². The number of nitrogens with zero attached hydrogens (tertiary/aromatic N) is 4. The number of fused-ring (bicyclic) bond motifs is 1. The summed E-state index contributed by atoms with van der Waals surface area (Å²) >= 11 is 1.23. The Kier molecular flexibility index (Phi) is 10.1. The molecule has 0 saturated carbocycles. The number of benzene rings is 3. The molecule has 50 heavy (non-hydrogen) atoms. The highest BCUT2D eigenvalue weighted by molar-refractivity contribution is 7.07. The molecule has 11 heteroatoms. The van der Waals surface area contributed by atoms with Gasteiger partial charge in [-0.2, -0.15) is 5.10 Å². The lowest BCUT2D eigenvalue weighted by Gasteiger charge is -2.24. The minimum absolute atomic E-state index is 0.00247. The third-order valence-corrected chi connectivity index (χ3v) is 8.97. The van der Waals surface area contributed by atoms with Gasteiger partial charge < -0.3 is 14.2 Å². The van der Waals surface area contributed by atoms with Crippen molar-refractivity contribution in [3.63, 3.8) is 0 Å². The monoisotopic (exact) mass is 688 g/mol. The van der Waals surface area contributed by atoms with Crippen LogP contribution in [0, 0.1) is 6.92 Å². The molecular weight excluding hydrogens is 653 g/mol. The number of carbonyl (C=O) groups is 2. The third kappa shape index (κ3) is 6.99. The zero-order valence-corrected chi connectivity index (χ0v) is 29.0. The van der Waals surface area contributed by atoms with E-state index in [9.17, 15) is 14.4 Å². The summed E-state index contributed by atoms with van der Waals surface area (Å²) in [7, 11) is 0. The number of allylic oxidation sites excluding steroid dienone is 1. The highest BCUT2D eigenvalue weighted by Gasteiger charge is 2.33. The Bertz CT molecular complexity index is 2300. The Labute approximate surface area is 292 Å². The smallest absolute Gasteiger partial charge is 0.338 e. The number of hydrogen-bond donors (Lipinski definition) is 0. The molecule has 0 N–H and O–H groups in total. The normalized spacial score (nSPS) is 14.2. The number of thiazole rings is 1. The molecule has 6 rings (SSSR count). The molecule has 2 aromatic heterocycles. The van der Waals surface area contributed by atoms with Crippen LogP contribution in [0.3, 0.4) is 0 Å². The van der Waals surface area contributed by atoms with Gasteiger partial charge in [0.05, 0.1) is 34.1 Å². The zero-order chi connectivity index (χ0) is 35.4. The number of hydrogen-bond acceptors (Lipinski definition) is 9. The van der Waals surface area contributed by atoms with Crippen LogP contribution >= 0.6 is 11.3 Å². The predicted octanol–water partition coefficient (Wildman–Crippen LogP) is 5.84. The number of carbonyl (C=O) groups excluding carboxylic acids is 2. The number of esters is 2. The van der Waals surface area contributed by atoms with Gasteiger partial charge in [-0.25, -0.2) is 14.5 Å². The molecule has 0 radical (unpaired) electrons. The molecule has 3 heterocycles. The van der Waals surface area contributed by atoms with Gasteiger partial charge in [0.15, 0.2) is 4.80 Å². The average molecular weight is 689 g/mol. The summed E-state index contributed by atoms with van der Waals surface area (Å²) in [5, 5.41) is 4.96. The lowest BCUT2D eigenvalue weighted by atomic mass is 9.96. The van der Waals surface area contributed by atoms with Gasteiger partial charge in [-0.05, 0) is 79.9 Å². The number of rotatable bonds is 11. The lowest BCUT2D eigenvalue weighted by Crippen LogP contribution is -2.39. The van der Waals surface area contributed by atoms with Crippen LogP contribution in [0.2, 0.25) is 0 Å². The second-order valence-electron chi connectivity index (χ2n) is 11.7. The van der Waals surface area contributed by atoms with Crippen molar-refractivity contribution < 1.29 is 23.8 Å². The van der Waals surface area contributed by atoms with E-state index in [4.69, 9.17) is 24.3 Å². The van der Waals surface area contributed by atoms with Crippen LogP contribution in [0.5, 0.6) is 11.5 Å². The Morgan fingerprint density at radius 1 is 1.04 bits per heavy atom. The van der Waals surface area contributed by atoms with Crippen LogP contribution in [-0.4, -0.2) is 39.5 Å². The predicted molar refractivity (Wildman–Crippen MR) is 192 cm³/mol. The van der Waals surface area contributed by atoms with Crippen LogP contribution < -0.4 is 24.4 Å².